The van der Waals surface area contributed by atoms with Crippen LogP contribution in [0.1, 0.15) is 0 Å². The van der Waals surface area contributed by atoms with Crippen LogP contribution in [0.2, 0.25) is 5.02 Å². The summed E-state index contributed by atoms with van der Waals surface area (Å²) < 4.78 is 0. The molecule has 0 aliphatic rings. The first kappa shape index (κ1) is 6.10. The Kier molecular flexibility index (Phi) is 1.40. The van der Waals surface area contributed by atoms with Gasteiger partial charge in [-0.05, 0) is 0 Å². The van der Waals surface area contributed by atoms with E-state index in [1.807, 2.05) is 0 Å². The quantitative estimate of drug-likeness (QED) is 0.540. The molecule has 0 aliphatic heterocycles. The van der Waals surface area contributed by atoms with Gasteiger partial charge in [0.15, 0.2) is 0 Å². The summed E-state index contributed by atoms with van der Waals surface area (Å²) in [6.07, 6.45) is 1.28. The second-order valence-corrected chi connectivity index (χ2v) is 1.85. The van der Waals surface area contributed by atoms with Crippen LogP contribution in [0.15, 0.2) is 11.0 Å². The fourth-order valence-corrected chi connectivity index (χ4v) is 0.488. The summed E-state index contributed by atoms with van der Waals surface area (Å²) in [7, 11) is 0. The van der Waals surface area contributed by atoms with Crippen LogP contribution >= 0.6 is 11.6 Å². The molecular weight excluding hydrogens is 142 g/mol. The summed E-state index contributed by atoms with van der Waals surface area (Å²) in [4.78, 5) is 10.5. The minimum Gasteiger partial charge on any atom is -0.396 e. The molecule has 0 aromatic carbocycles. The number of anilines is 1. The number of hydrogen-bond donors (Lipinski definition) is 2. The average Bonchev–Trinajstić information content (AvgIpc) is 1.83. The zero-order valence-corrected chi connectivity index (χ0v) is 5.14. The Morgan fingerprint density at radius 2 is 2.44 bits per heavy atom. The highest BCUT2D eigenvalue weighted by atomic mass is 35.5. The Labute approximate surface area is 55.6 Å². The van der Waals surface area contributed by atoms with E-state index in [1.165, 1.54) is 6.20 Å². The highest BCUT2D eigenvalue weighted by Crippen LogP contribution is 2.07. The number of aromatic amines is 1. The normalized spacial score (nSPS) is 9.44. The van der Waals surface area contributed by atoms with Gasteiger partial charge in [-0.15, -0.1) is 0 Å². The molecule has 1 rings (SSSR count). The van der Waals surface area contributed by atoms with Gasteiger partial charge in [0.05, 0.1) is 11.9 Å². The largest absolute Gasteiger partial charge is 0.396 e. The third kappa shape index (κ3) is 1.02. The first-order valence-corrected chi connectivity index (χ1v) is 2.58. The van der Waals surface area contributed by atoms with Crippen LogP contribution < -0.4 is 11.3 Å². The standard InChI is InChI=1S/C4H4ClN3O/c5-3-2(6)1-7-8-4(3)9/h1H,(H3,6,8,9). The Morgan fingerprint density at radius 3 is 2.89 bits per heavy atom. The Hall–Kier alpha value is -1.03. The minimum absolute atomic E-state index is 0.00926. The molecule has 9 heavy (non-hydrogen) atoms. The molecule has 5 heteroatoms. The summed E-state index contributed by atoms with van der Waals surface area (Å²) >= 11 is 5.37. The van der Waals surface area contributed by atoms with Gasteiger partial charge in [-0.1, -0.05) is 11.6 Å². The van der Waals surface area contributed by atoms with Crippen LogP contribution in [-0.2, 0) is 0 Å². The molecule has 1 heterocycles. The molecule has 0 bridgehead atoms. The van der Waals surface area contributed by atoms with E-state index in [2.05, 4.69) is 10.2 Å². The SMILES string of the molecule is Nc1cn[nH]c(=O)c1Cl. The number of hydrogen-bond acceptors (Lipinski definition) is 3. The van der Waals surface area contributed by atoms with Crippen LogP contribution in [0.25, 0.3) is 0 Å². The summed E-state index contributed by atoms with van der Waals surface area (Å²) in [5.74, 6) is 0. The van der Waals surface area contributed by atoms with Crippen molar-refractivity contribution in [2.45, 2.75) is 0 Å². The van der Waals surface area contributed by atoms with Crippen LogP contribution in [0.5, 0.6) is 0 Å². The van der Waals surface area contributed by atoms with Gasteiger partial charge < -0.3 is 5.73 Å². The van der Waals surface area contributed by atoms with E-state index < -0.39 is 5.56 Å². The fraction of sp³-hybridized carbons (Fsp3) is 0. The van der Waals surface area contributed by atoms with Gasteiger partial charge in [-0.3, -0.25) is 4.79 Å². The van der Waals surface area contributed by atoms with Crippen molar-refractivity contribution >= 4 is 17.3 Å². The van der Waals surface area contributed by atoms with E-state index in [9.17, 15) is 4.79 Å². The Bertz CT molecular complexity index is 269. The number of nitrogen functional groups attached to an aromatic ring is 1. The van der Waals surface area contributed by atoms with Crippen LogP contribution in [0.4, 0.5) is 5.69 Å². The molecule has 3 N–H and O–H groups in total. The average molecular weight is 146 g/mol. The highest BCUT2D eigenvalue weighted by Gasteiger charge is 1.97. The molecule has 0 radical (unpaired) electrons. The van der Waals surface area contributed by atoms with Crippen molar-refractivity contribution < 1.29 is 0 Å². The number of nitrogens with two attached hydrogens (primary N) is 1. The maximum atomic E-state index is 10.5. The van der Waals surface area contributed by atoms with Gasteiger partial charge in [0.1, 0.15) is 5.02 Å². The number of nitrogens with one attached hydrogen (secondary N) is 1. The molecule has 4 nitrogen and oxygen atoms in total. The number of H-pyrrole nitrogens is 1. The van der Waals surface area contributed by atoms with E-state index in [0.29, 0.717) is 0 Å². The third-order valence-corrected chi connectivity index (χ3v) is 1.21. The number of rotatable bonds is 0. The van der Waals surface area contributed by atoms with Crippen LogP contribution in [0.3, 0.4) is 0 Å². The molecule has 0 amide bonds. The molecule has 1 aromatic rings. The van der Waals surface area contributed by atoms with Gasteiger partial charge in [0.25, 0.3) is 5.56 Å². The summed E-state index contributed by atoms with van der Waals surface area (Å²) in [6, 6.07) is 0. The first-order chi connectivity index (χ1) is 4.22. The predicted molar refractivity (Wildman–Crippen MR) is 34.3 cm³/mol. The molecule has 0 unspecified atom stereocenters. The van der Waals surface area contributed by atoms with Gasteiger partial charge in [0.2, 0.25) is 0 Å². The van der Waals surface area contributed by atoms with Gasteiger partial charge in [-0.25, -0.2) is 5.10 Å². The number of halogens is 1. The molecule has 1 aromatic heterocycles. The van der Waals surface area contributed by atoms with Crippen molar-refractivity contribution in [3.05, 3.63) is 21.6 Å². The van der Waals surface area contributed by atoms with Gasteiger partial charge in [0, 0.05) is 0 Å². The molecule has 0 fully saturated rings. The molecule has 0 saturated carbocycles. The topological polar surface area (TPSA) is 71.8 Å². The maximum absolute atomic E-state index is 10.5. The molecule has 0 spiro atoms. The monoisotopic (exact) mass is 145 g/mol. The molecule has 0 atom stereocenters. The smallest absolute Gasteiger partial charge is 0.285 e. The lowest BCUT2D eigenvalue weighted by atomic mass is 10.5. The lowest BCUT2D eigenvalue weighted by molar-refractivity contribution is 0.992. The third-order valence-electron chi connectivity index (χ3n) is 0.823. The van der Waals surface area contributed by atoms with E-state index in [0.717, 1.165) is 0 Å². The second kappa shape index (κ2) is 2.06. The zero-order valence-electron chi connectivity index (χ0n) is 4.39. The lowest BCUT2D eigenvalue weighted by Gasteiger charge is -1.90. The van der Waals surface area contributed by atoms with Gasteiger partial charge >= 0.3 is 0 Å². The van der Waals surface area contributed by atoms with Crippen molar-refractivity contribution in [2.24, 2.45) is 0 Å². The summed E-state index contributed by atoms with van der Waals surface area (Å²) in [6.45, 7) is 0. The van der Waals surface area contributed by atoms with Crippen molar-refractivity contribution in [1.29, 1.82) is 0 Å². The maximum Gasteiger partial charge on any atom is 0.285 e. The Balaban J connectivity index is 3.43. The van der Waals surface area contributed by atoms with Crippen molar-refractivity contribution in [2.75, 3.05) is 5.73 Å². The fourth-order valence-electron chi connectivity index (χ4n) is 0.397. The molecule has 0 saturated heterocycles. The van der Waals surface area contributed by atoms with E-state index in [1.54, 1.807) is 0 Å². The van der Waals surface area contributed by atoms with Gasteiger partial charge in [-0.2, -0.15) is 5.10 Å². The van der Waals surface area contributed by atoms with Crippen molar-refractivity contribution in [3.8, 4) is 0 Å². The summed E-state index contributed by atoms with van der Waals surface area (Å²) in [5, 5.41) is 5.51. The highest BCUT2D eigenvalue weighted by molar-refractivity contribution is 6.32. The molecular formula is C4H4ClN3O. The zero-order chi connectivity index (χ0) is 6.85. The molecule has 0 aliphatic carbocycles. The first-order valence-electron chi connectivity index (χ1n) is 2.20. The number of nitrogens with zero attached hydrogens (tertiary/aromatic N) is 1. The van der Waals surface area contributed by atoms with Crippen LogP contribution in [0, 0.1) is 0 Å². The van der Waals surface area contributed by atoms with Crippen molar-refractivity contribution in [3.63, 3.8) is 0 Å². The lowest BCUT2D eigenvalue weighted by Crippen LogP contribution is -2.09. The second-order valence-electron chi connectivity index (χ2n) is 1.47. The van der Waals surface area contributed by atoms with Crippen LogP contribution in [-0.4, -0.2) is 10.2 Å². The summed E-state index contributed by atoms with van der Waals surface area (Å²) in [5.41, 5.74) is 4.94. The Morgan fingerprint density at radius 1 is 1.78 bits per heavy atom. The minimum atomic E-state index is -0.461. The van der Waals surface area contributed by atoms with Crippen molar-refractivity contribution in [1.82, 2.24) is 10.2 Å². The molecule has 48 valence electrons. The van der Waals surface area contributed by atoms with E-state index in [4.69, 9.17) is 17.3 Å². The van der Waals surface area contributed by atoms with E-state index in [-0.39, 0.29) is 10.7 Å². The number of aromatic nitrogens is 2. The van der Waals surface area contributed by atoms with E-state index >= 15 is 0 Å². The predicted octanol–water partition coefficient (Wildman–Crippen LogP) is 0.00550.